The number of hydrogen-bond donors (Lipinski definition) is 2. The molecule has 0 saturated carbocycles. The lowest BCUT2D eigenvalue weighted by Gasteiger charge is -2.07. The van der Waals surface area contributed by atoms with E-state index in [9.17, 15) is 10.2 Å². The van der Waals surface area contributed by atoms with Crippen molar-refractivity contribution >= 4 is 12.4 Å². The molecule has 0 aromatic heterocycles. The summed E-state index contributed by atoms with van der Waals surface area (Å²) in [7, 11) is 0. The Labute approximate surface area is 170 Å². The van der Waals surface area contributed by atoms with Crippen molar-refractivity contribution in [2.24, 2.45) is 10.3 Å². The Bertz CT molecular complexity index is 755. The van der Waals surface area contributed by atoms with Crippen LogP contribution in [0.4, 0.5) is 0 Å². The molecule has 0 fully saturated rings. The maximum atomic E-state index is 10.0. The van der Waals surface area contributed by atoms with Crippen LogP contribution in [0.25, 0.3) is 0 Å². The van der Waals surface area contributed by atoms with Gasteiger partial charge in [0.15, 0.2) is 23.0 Å². The molecule has 0 radical (unpaired) electrons. The topological polar surface area (TPSA) is 102 Å². The minimum Gasteiger partial charge on any atom is -0.504 e. The van der Waals surface area contributed by atoms with Crippen molar-refractivity contribution in [1.29, 1.82) is 0 Å². The molecule has 0 spiro atoms. The number of phenolic OH excluding ortho intramolecular Hbond substituents is 2. The minimum atomic E-state index is 0.0241. The van der Waals surface area contributed by atoms with Gasteiger partial charge in [0.05, 0.1) is 25.6 Å². The van der Waals surface area contributed by atoms with Gasteiger partial charge < -0.3 is 29.4 Å². The summed E-state index contributed by atoms with van der Waals surface area (Å²) in [5.41, 5.74) is 1.01. The van der Waals surface area contributed by atoms with Gasteiger partial charge in [0.2, 0.25) is 0 Å². The van der Waals surface area contributed by atoms with Crippen LogP contribution in [0.2, 0.25) is 0 Å². The van der Waals surface area contributed by atoms with Crippen molar-refractivity contribution in [1.82, 2.24) is 0 Å². The SMILES string of the molecule is CCOc1cccc(C=NOCCCON=Cc2cccc(OCC)c2O)c1O. The van der Waals surface area contributed by atoms with Gasteiger partial charge in [-0.2, -0.15) is 0 Å². The molecule has 8 nitrogen and oxygen atoms in total. The van der Waals surface area contributed by atoms with Gasteiger partial charge in [0.25, 0.3) is 0 Å². The van der Waals surface area contributed by atoms with Crippen LogP contribution in [-0.4, -0.2) is 49.1 Å². The van der Waals surface area contributed by atoms with E-state index in [2.05, 4.69) is 10.3 Å². The molecule has 0 aliphatic carbocycles. The van der Waals surface area contributed by atoms with Gasteiger partial charge in [-0.3, -0.25) is 0 Å². The van der Waals surface area contributed by atoms with Crippen molar-refractivity contribution in [3.05, 3.63) is 47.5 Å². The third-order valence-corrected chi connectivity index (χ3v) is 3.66. The summed E-state index contributed by atoms with van der Waals surface area (Å²) in [5, 5.41) is 27.7. The van der Waals surface area contributed by atoms with Crippen molar-refractivity contribution in [2.75, 3.05) is 26.4 Å². The molecular weight excluding hydrogens is 376 g/mol. The Morgan fingerprint density at radius 2 is 1.21 bits per heavy atom. The lowest BCUT2D eigenvalue weighted by Crippen LogP contribution is -1.97. The second-order valence-corrected chi connectivity index (χ2v) is 5.74. The molecule has 29 heavy (non-hydrogen) atoms. The van der Waals surface area contributed by atoms with Gasteiger partial charge in [-0.05, 0) is 38.1 Å². The maximum absolute atomic E-state index is 10.0. The smallest absolute Gasteiger partial charge is 0.166 e. The fourth-order valence-electron chi connectivity index (χ4n) is 2.31. The molecule has 0 saturated heterocycles. The van der Waals surface area contributed by atoms with Crippen LogP contribution in [0.15, 0.2) is 46.7 Å². The van der Waals surface area contributed by atoms with Crippen LogP contribution >= 0.6 is 0 Å². The van der Waals surface area contributed by atoms with Gasteiger partial charge in [0.1, 0.15) is 13.2 Å². The van der Waals surface area contributed by atoms with Gasteiger partial charge >= 0.3 is 0 Å². The van der Waals surface area contributed by atoms with E-state index < -0.39 is 0 Å². The quantitative estimate of drug-likeness (QED) is 0.319. The predicted molar refractivity (Wildman–Crippen MR) is 110 cm³/mol. The summed E-state index contributed by atoms with van der Waals surface area (Å²) in [5.74, 6) is 0.855. The highest BCUT2D eigenvalue weighted by molar-refractivity contribution is 5.84. The summed E-state index contributed by atoms with van der Waals surface area (Å²) in [4.78, 5) is 10.3. The Hall–Kier alpha value is -3.42. The van der Waals surface area contributed by atoms with Crippen LogP contribution < -0.4 is 9.47 Å². The molecule has 0 atom stereocenters. The second kappa shape index (κ2) is 12.1. The largest absolute Gasteiger partial charge is 0.504 e. The molecule has 156 valence electrons. The minimum absolute atomic E-state index is 0.0241. The monoisotopic (exact) mass is 402 g/mol. The normalized spacial score (nSPS) is 11.1. The van der Waals surface area contributed by atoms with Gasteiger partial charge in [0, 0.05) is 17.5 Å². The van der Waals surface area contributed by atoms with Gasteiger partial charge in [-0.25, -0.2) is 0 Å². The number of rotatable bonds is 12. The van der Waals surface area contributed by atoms with Crippen LogP contribution in [0.3, 0.4) is 0 Å². The average Bonchev–Trinajstić information content (AvgIpc) is 2.72. The van der Waals surface area contributed by atoms with Crippen molar-refractivity contribution in [2.45, 2.75) is 20.3 Å². The molecule has 0 aliphatic heterocycles. The Kier molecular flexibility index (Phi) is 9.14. The Morgan fingerprint density at radius 3 is 1.62 bits per heavy atom. The first-order valence-corrected chi connectivity index (χ1v) is 9.37. The summed E-state index contributed by atoms with van der Waals surface area (Å²) in [6.45, 7) is 5.26. The highest BCUT2D eigenvalue weighted by Gasteiger charge is 2.06. The first-order chi connectivity index (χ1) is 14.2. The Balaban J connectivity index is 1.69. The molecule has 8 heteroatoms. The molecule has 2 aromatic rings. The summed E-state index contributed by atoms with van der Waals surface area (Å²) < 4.78 is 10.6. The summed E-state index contributed by atoms with van der Waals surface area (Å²) in [6.07, 6.45) is 3.40. The Morgan fingerprint density at radius 1 is 0.759 bits per heavy atom. The summed E-state index contributed by atoms with van der Waals surface area (Å²) >= 11 is 0. The molecular formula is C21H26N2O6. The van der Waals surface area contributed by atoms with Gasteiger partial charge in [-0.1, -0.05) is 22.4 Å². The molecule has 0 heterocycles. The van der Waals surface area contributed by atoms with Crippen LogP contribution in [-0.2, 0) is 9.68 Å². The number of oxime groups is 2. The van der Waals surface area contributed by atoms with E-state index >= 15 is 0 Å². The molecule has 2 rings (SSSR count). The van der Waals surface area contributed by atoms with E-state index in [-0.39, 0.29) is 11.5 Å². The van der Waals surface area contributed by atoms with Crippen molar-refractivity contribution in [3.63, 3.8) is 0 Å². The molecule has 0 aliphatic rings. The van der Waals surface area contributed by atoms with Crippen molar-refractivity contribution < 1.29 is 29.4 Å². The lowest BCUT2D eigenvalue weighted by atomic mass is 10.2. The molecule has 2 aromatic carbocycles. The zero-order valence-corrected chi connectivity index (χ0v) is 16.6. The first kappa shape index (κ1) is 21.9. The zero-order chi connectivity index (χ0) is 20.9. The van der Waals surface area contributed by atoms with Crippen LogP contribution in [0.5, 0.6) is 23.0 Å². The second-order valence-electron chi connectivity index (χ2n) is 5.74. The van der Waals surface area contributed by atoms with E-state index in [1.54, 1.807) is 36.4 Å². The van der Waals surface area contributed by atoms with Crippen molar-refractivity contribution in [3.8, 4) is 23.0 Å². The highest BCUT2D eigenvalue weighted by Crippen LogP contribution is 2.29. The molecule has 0 unspecified atom stereocenters. The zero-order valence-electron chi connectivity index (χ0n) is 16.6. The fourth-order valence-corrected chi connectivity index (χ4v) is 2.31. The summed E-state index contributed by atoms with van der Waals surface area (Å²) in [6, 6.07) is 10.3. The lowest BCUT2D eigenvalue weighted by molar-refractivity contribution is 0.0913. The van der Waals surface area contributed by atoms with Crippen LogP contribution in [0.1, 0.15) is 31.4 Å². The number of para-hydroxylation sites is 2. The number of ether oxygens (including phenoxy) is 2. The number of hydrogen-bond acceptors (Lipinski definition) is 8. The third-order valence-electron chi connectivity index (χ3n) is 3.66. The fraction of sp³-hybridized carbons (Fsp3) is 0.333. The number of benzene rings is 2. The standard InChI is InChI=1S/C21H26N2O6/c1-3-26-18-10-5-8-16(20(18)24)14-22-28-12-7-13-29-23-15-17-9-6-11-19(21(17)25)27-4-2/h5-6,8-11,14-15,24-25H,3-4,7,12-13H2,1-2H3. The van der Waals surface area contributed by atoms with Crippen LogP contribution in [0, 0.1) is 0 Å². The average molecular weight is 402 g/mol. The third kappa shape index (κ3) is 6.91. The van der Waals surface area contributed by atoms with E-state index in [0.717, 1.165) is 0 Å². The number of aromatic hydroxyl groups is 2. The molecule has 2 N–H and O–H groups in total. The van der Waals surface area contributed by atoms with E-state index in [1.807, 2.05) is 13.8 Å². The first-order valence-electron chi connectivity index (χ1n) is 9.37. The highest BCUT2D eigenvalue weighted by atomic mass is 16.6. The molecule has 0 amide bonds. The number of nitrogens with zero attached hydrogens (tertiary/aromatic N) is 2. The van der Waals surface area contributed by atoms with E-state index in [0.29, 0.717) is 55.5 Å². The predicted octanol–water partition coefficient (Wildman–Crippen LogP) is 3.69. The van der Waals surface area contributed by atoms with Gasteiger partial charge in [-0.15, -0.1) is 0 Å². The number of phenols is 2. The van der Waals surface area contributed by atoms with E-state index in [1.165, 1.54) is 12.4 Å². The maximum Gasteiger partial charge on any atom is 0.166 e. The van der Waals surface area contributed by atoms with E-state index in [4.69, 9.17) is 19.1 Å². The molecule has 0 bridgehead atoms.